The van der Waals surface area contributed by atoms with E-state index < -0.39 is 0 Å². The van der Waals surface area contributed by atoms with Crippen LogP contribution in [-0.2, 0) is 6.61 Å². The summed E-state index contributed by atoms with van der Waals surface area (Å²) in [5.41, 5.74) is 4.89. The van der Waals surface area contributed by atoms with Gasteiger partial charge in [0.25, 0.3) is 0 Å². The van der Waals surface area contributed by atoms with E-state index >= 15 is 0 Å². The monoisotopic (exact) mass is 302 g/mol. The van der Waals surface area contributed by atoms with Gasteiger partial charge >= 0.3 is 0 Å². The lowest BCUT2D eigenvalue weighted by Crippen LogP contribution is -1.95. The second kappa shape index (κ2) is 6.93. The van der Waals surface area contributed by atoms with Gasteiger partial charge in [-0.25, -0.2) is 0 Å². The van der Waals surface area contributed by atoms with Crippen molar-refractivity contribution in [2.24, 2.45) is 0 Å². The molecule has 0 unspecified atom stereocenters. The molecule has 3 aromatic rings. The van der Waals surface area contributed by atoms with Gasteiger partial charge in [0.05, 0.1) is 0 Å². The summed E-state index contributed by atoms with van der Waals surface area (Å²) < 4.78 is 5.79. The van der Waals surface area contributed by atoms with Crippen LogP contribution in [0.3, 0.4) is 0 Å². The molecule has 2 heteroatoms. The lowest BCUT2D eigenvalue weighted by Gasteiger charge is -2.09. The molecule has 0 saturated heterocycles. The van der Waals surface area contributed by atoms with Gasteiger partial charge in [0.1, 0.15) is 12.4 Å². The minimum Gasteiger partial charge on any atom is -0.489 e. The van der Waals surface area contributed by atoms with Gasteiger partial charge in [-0.1, -0.05) is 60.2 Å². The SMILES string of the molecule is Cc1ccc(-c2ccc(OCc3ccccc3)cc2)c(C=O)c1. The predicted molar refractivity (Wildman–Crippen MR) is 92.8 cm³/mol. The maximum atomic E-state index is 11.3. The molecule has 0 aliphatic heterocycles. The highest BCUT2D eigenvalue weighted by Gasteiger charge is 2.05. The number of carbonyl (C=O) groups is 1. The Labute approximate surface area is 136 Å². The van der Waals surface area contributed by atoms with Gasteiger partial charge < -0.3 is 4.74 Å². The van der Waals surface area contributed by atoms with Crippen LogP contribution in [-0.4, -0.2) is 6.29 Å². The van der Waals surface area contributed by atoms with Gasteiger partial charge in [-0.15, -0.1) is 0 Å². The van der Waals surface area contributed by atoms with Gasteiger partial charge in [-0.2, -0.15) is 0 Å². The maximum Gasteiger partial charge on any atom is 0.150 e. The van der Waals surface area contributed by atoms with E-state index in [0.29, 0.717) is 12.2 Å². The van der Waals surface area contributed by atoms with Crippen molar-refractivity contribution in [2.75, 3.05) is 0 Å². The number of aryl methyl sites for hydroxylation is 1. The fourth-order valence-electron chi connectivity index (χ4n) is 2.51. The molecular formula is C21H18O2. The Morgan fingerprint density at radius 3 is 2.35 bits per heavy atom. The minimum atomic E-state index is 0.546. The molecule has 0 aliphatic carbocycles. The summed E-state index contributed by atoms with van der Waals surface area (Å²) in [6.45, 7) is 2.53. The molecule has 0 heterocycles. The molecule has 0 spiro atoms. The van der Waals surface area contributed by atoms with Gasteiger partial charge in [0.15, 0.2) is 6.29 Å². The van der Waals surface area contributed by atoms with Crippen LogP contribution in [0.4, 0.5) is 0 Å². The number of rotatable bonds is 5. The van der Waals surface area contributed by atoms with Crippen LogP contribution >= 0.6 is 0 Å². The highest BCUT2D eigenvalue weighted by molar-refractivity contribution is 5.87. The Bertz CT molecular complexity index is 790. The molecule has 3 rings (SSSR count). The van der Waals surface area contributed by atoms with Crippen LogP contribution in [0.1, 0.15) is 21.5 Å². The fourth-order valence-corrected chi connectivity index (χ4v) is 2.51. The van der Waals surface area contributed by atoms with Crippen molar-refractivity contribution in [2.45, 2.75) is 13.5 Å². The second-order valence-electron chi connectivity index (χ2n) is 5.51. The highest BCUT2D eigenvalue weighted by Crippen LogP contribution is 2.26. The average molecular weight is 302 g/mol. The smallest absolute Gasteiger partial charge is 0.150 e. The van der Waals surface area contributed by atoms with Crippen LogP contribution in [0.25, 0.3) is 11.1 Å². The zero-order valence-electron chi connectivity index (χ0n) is 13.0. The van der Waals surface area contributed by atoms with Crippen molar-refractivity contribution in [3.05, 3.63) is 89.5 Å². The molecule has 0 aliphatic rings. The largest absolute Gasteiger partial charge is 0.489 e. The highest BCUT2D eigenvalue weighted by atomic mass is 16.5. The van der Waals surface area contributed by atoms with Crippen LogP contribution in [0.2, 0.25) is 0 Å². The quantitative estimate of drug-likeness (QED) is 0.616. The number of hydrogen-bond acceptors (Lipinski definition) is 2. The van der Waals surface area contributed by atoms with E-state index in [4.69, 9.17) is 4.74 Å². The normalized spacial score (nSPS) is 10.3. The van der Waals surface area contributed by atoms with Crippen LogP contribution in [0.15, 0.2) is 72.8 Å². The maximum absolute atomic E-state index is 11.3. The number of benzene rings is 3. The Kier molecular flexibility index (Phi) is 4.53. The molecule has 0 bridgehead atoms. The predicted octanol–water partition coefficient (Wildman–Crippen LogP) is 5.05. The molecule has 0 saturated carbocycles. The van der Waals surface area contributed by atoms with E-state index in [0.717, 1.165) is 34.3 Å². The van der Waals surface area contributed by atoms with Crippen molar-refractivity contribution >= 4 is 6.29 Å². The van der Waals surface area contributed by atoms with Gasteiger partial charge in [-0.05, 0) is 41.8 Å². The first-order chi connectivity index (χ1) is 11.3. The summed E-state index contributed by atoms with van der Waals surface area (Å²) in [6.07, 6.45) is 0.905. The Morgan fingerprint density at radius 2 is 1.65 bits per heavy atom. The summed E-state index contributed by atoms with van der Waals surface area (Å²) in [5, 5.41) is 0. The van der Waals surface area contributed by atoms with E-state index in [1.165, 1.54) is 0 Å². The molecule has 23 heavy (non-hydrogen) atoms. The molecule has 0 atom stereocenters. The van der Waals surface area contributed by atoms with Crippen molar-refractivity contribution < 1.29 is 9.53 Å². The first-order valence-electron chi connectivity index (χ1n) is 7.59. The minimum absolute atomic E-state index is 0.546. The summed E-state index contributed by atoms with van der Waals surface area (Å²) in [5.74, 6) is 0.817. The van der Waals surface area contributed by atoms with E-state index in [9.17, 15) is 4.79 Å². The topological polar surface area (TPSA) is 26.3 Å². The number of aldehydes is 1. The zero-order chi connectivity index (χ0) is 16.1. The molecule has 0 radical (unpaired) electrons. The molecular weight excluding hydrogens is 284 g/mol. The summed E-state index contributed by atoms with van der Waals surface area (Å²) in [4.78, 5) is 11.3. The van der Waals surface area contributed by atoms with Crippen molar-refractivity contribution in [1.82, 2.24) is 0 Å². The van der Waals surface area contributed by atoms with Crippen LogP contribution < -0.4 is 4.74 Å². The lowest BCUT2D eigenvalue weighted by atomic mass is 9.98. The molecule has 0 amide bonds. The lowest BCUT2D eigenvalue weighted by molar-refractivity contribution is 0.112. The number of carbonyl (C=O) groups excluding carboxylic acids is 1. The molecule has 0 fully saturated rings. The third-order valence-electron chi connectivity index (χ3n) is 3.75. The molecule has 0 N–H and O–H groups in total. The first kappa shape index (κ1) is 15.0. The third-order valence-corrected chi connectivity index (χ3v) is 3.75. The van der Waals surface area contributed by atoms with Crippen LogP contribution in [0.5, 0.6) is 5.75 Å². The molecule has 114 valence electrons. The Balaban J connectivity index is 1.76. The van der Waals surface area contributed by atoms with E-state index in [1.54, 1.807) is 0 Å². The molecule has 3 aromatic carbocycles. The van der Waals surface area contributed by atoms with Gasteiger partial charge in [0.2, 0.25) is 0 Å². The number of ether oxygens (including phenoxy) is 1. The second-order valence-corrected chi connectivity index (χ2v) is 5.51. The Hall–Kier alpha value is -2.87. The zero-order valence-corrected chi connectivity index (χ0v) is 13.0. The van der Waals surface area contributed by atoms with E-state index in [-0.39, 0.29) is 0 Å². The molecule has 0 aromatic heterocycles. The van der Waals surface area contributed by atoms with Crippen molar-refractivity contribution in [1.29, 1.82) is 0 Å². The van der Waals surface area contributed by atoms with Gasteiger partial charge in [-0.3, -0.25) is 4.79 Å². The van der Waals surface area contributed by atoms with Gasteiger partial charge in [0, 0.05) is 5.56 Å². The van der Waals surface area contributed by atoms with E-state index in [1.807, 2.05) is 79.7 Å². The van der Waals surface area contributed by atoms with Crippen molar-refractivity contribution in [3.8, 4) is 16.9 Å². The number of hydrogen-bond donors (Lipinski definition) is 0. The summed E-state index contributed by atoms with van der Waals surface area (Å²) in [6, 6.07) is 23.8. The van der Waals surface area contributed by atoms with Crippen molar-refractivity contribution in [3.63, 3.8) is 0 Å². The molecule has 2 nitrogen and oxygen atoms in total. The third kappa shape index (κ3) is 3.67. The Morgan fingerprint density at radius 1 is 0.913 bits per heavy atom. The standard InChI is InChI=1S/C21H18O2/c1-16-7-12-21(19(13-16)14-22)18-8-10-20(11-9-18)23-15-17-5-3-2-4-6-17/h2-14H,15H2,1H3. The summed E-state index contributed by atoms with van der Waals surface area (Å²) >= 11 is 0. The average Bonchev–Trinajstić information content (AvgIpc) is 2.61. The fraction of sp³-hybridized carbons (Fsp3) is 0.0952. The summed E-state index contributed by atoms with van der Waals surface area (Å²) in [7, 11) is 0. The first-order valence-corrected chi connectivity index (χ1v) is 7.59. The van der Waals surface area contributed by atoms with E-state index in [2.05, 4.69) is 0 Å². The van der Waals surface area contributed by atoms with Crippen LogP contribution in [0, 0.1) is 6.92 Å².